The predicted octanol–water partition coefficient (Wildman–Crippen LogP) is 0.988. The van der Waals surface area contributed by atoms with E-state index in [1.54, 1.807) is 0 Å². The Balaban J connectivity index is 3.42. The van der Waals surface area contributed by atoms with Crippen LogP contribution in [-0.4, -0.2) is 31.2 Å². The zero-order valence-electron chi connectivity index (χ0n) is 9.33. The van der Waals surface area contributed by atoms with Crippen LogP contribution in [0.25, 0.3) is 0 Å². The van der Waals surface area contributed by atoms with E-state index in [0.717, 1.165) is 16.4 Å². The zero-order chi connectivity index (χ0) is 13.9. The highest BCUT2D eigenvalue weighted by Gasteiger charge is 2.29. The summed E-state index contributed by atoms with van der Waals surface area (Å²) in [6.45, 7) is -0.239. The van der Waals surface area contributed by atoms with Crippen molar-refractivity contribution >= 4 is 15.7 Å². The number of nitro groups is 1. The van der Waals surface area contributed by atoms with Gasteiger partial charge in [0.05, 0.1) is 17.5 Å². The van der Waals surface area contributed by atoms with Gasteiger partial charge in [0.15, 0.2) is 4.90 Å². The number of nitrogens with zero attached hydrogens (tertiary/aromatic N) is 2. The van der Waals surface area contributed by atoms with Gasteiger partial charge in [-0.05, 0) is 12.1 Å². The van der Waals surface area contributed by atoms with Gasteiger partial charge in [-0.2, -0.15) is 4.31 Å². The SMILES string of the molecule is C#CCN(C)S(=O)(=O)c1ccc(F)cc1[N+](=O)[O-]. The lowest BCUT2D eigenvalue weighted by atomic mass is 10.3. The number of halogens is 1. The van der Waals surface area contributed by atoms with Gasteiger partial charge in [0.2, 0.25) is 0 Å². The van der Waals surface area contributed by atoms with Crippen LogP contribution in [0.5, 0.6) is 0 Å². The molecule has 0 unspecified atom stereocenters. The average Bonchev–Trinajstić information content (AvgIpc) is 2.28. The van der Waals surface area contributed by atoms with Gasteiger partial charge in [0, 0.05) is 7.05 Å². The molecule has 0 atom stereocenters. The molecular formula is C10H9FN2O4S. The average molecular weight is 272 g/mol. The molecule has 18 heavy (non-hydrogen) atoms. The smallest absolute Gasteiger partial charge is 0.258 e. The van der Waals surface area contributed by atoms with Gasteiger partial charge in [-0.1, -0.05) is 5.92 Å². The van der Waals surface area contributed by atoms with Crippen LogP contribution in [0.1, 0.15) is 0 Å². The Kier molecular flexibility index (Phi) is 4.00. The molecule has 1 rings (SSSR count). The fraction of sp³-hybridized carbons (Fsp3) is 0.200. The minimum Gasteiger partial charge on any atom is -0.258 e. The third kappa shape index (κ3) is 2.64. The number of hydrogen-bond donors (Lipinski definition) is 0. The molecule has 8 heteroatoms. The maximum atomic E-state index is 12.9. The molecule has 0 saturated heterocycles. The highest BCUT2D eigenvalue weighted by molar-refractivity contribution is 7.89. The van der Waals surface area contributed by atoms with Crippen molar-refractivity contribution in [3.05, 3.63) is 34.1 Å². The normalized spacial score (nSPS) is 11.2. The van der Waals surface area contributed by atoms with Gasteiger partial charge in [-0.3, -0.25) is 10.1 Å². The van der Waals surface area contributed by atoms with E-state index >= 15 is 0 Å². The van der Waals surface area contributed by atoms with Crippen LogP contribution in [-0.2, 0) is 10.0 Å². The summed E-state index contributed by atoms with van der Waals surface area (Å²) in [6.07, 6.45) is 4.98. The molecule has 6 nitrogen and oxygen atoms in total. The summed E-state index contributed by atoms with van der Waals surface area (Å²) in [7, 11) is -2.93. The Morgan fingerprint density at radius 1 is 1.56 bits per heavy atom. The van der Waals surface area contributed by atoms with Crippen LogP contribution in [0.4, 0.5) is 10.1 Å². The van der Waals surface area contributed by atoms with Gasteiger partial charge >= 0.3 is 0 Å². The number of hydrogen-bond acceptors (Lipinski definition) is 4. The molecule has 0 amide bonds. The molecule has 0 radical (unpaired) electrons. The predicted molar refractivity (Wildman–Crippen MR) is 61.7 cm³/mol. The van der Waals surface area contributed by atoms with E-state index in [0.29, 0.717) is 6.07 Å². The summed E-state index contributed by atoms with van der Waals surface area (Å²) < 4.78 is 37.6. The van der Waals surface area contributed by atoms with E-state index < -0.39 is 31.3 Å². The second-order valence-electron chi connectivity index (χ2n) is 3.33. The van der Waals surface area contributed by atoms with E-state index in [2.05, 4.69) is 5.92 Å². The molecule has 0 saturated carbocycles. The Hall–Kier alpha value is -1.98. The second-order valence-corrected chi connectivity index (χ2v) is 5.35. The lowest BCUT2D eigenvalue weighted by Gasteiger charge is -2.14. The maximum Gasteiger partial charge on any atom is 0.292 e. The van der Waals surface area contributed by atoms with E-state index in [4.69, 9.17) is 6.42 Å². The van der Waals surface area contributed by atoms with Gasteiger partial charge < -0.3 is 0 Å². The number of sulfonamides is 1. The molecule has 96 valence electrons. The van der Waals surface area contributed by atoms with Crippen molar-refractivity contribution < 1.29 is 17.7 Å². The Bertz CT molecular complexity index is 621. The summed E-state index contributed by atoms with van der Waals surface area (Å²) in [6, 6.07) is 2.23. The largest absolute Gasteiger partial charge is 0.292 e. The van der Waals surface area contributed by atoms with Gasteiger partial charge in [0.25, 0.3) is 15.7 Å². The standard InChI is InChI=1S/C10H9FN2O4S/c1-3-6-12(2)18(16,17)10-5-4-8(11)7-9(10)13(14)15/h1,4-5,7H,6H2,2H3. The van der Waals surface area contributed by atoms with Crippen molar-refractivity contribution in [1.29, 1.82) is 0 Å². The molecule has 0 heterocycles. The van der Waals surface area contributed by atoms with Crippen LogP contribution in [0.15, 0.2) is 23.1 Å². The highest BCUT2D eigenvalue weighted by atomic mass is 32.2. The van der Waals surface area contributed by atoms with Gasteiger partial charge in [0.1, 0.15) is 5.82 Å². The monoisotopic (exact) mass is 272 g/mol. The molecule has 0 spiro atoms. The lowest BCUT2D eigenvalue weighted by Crippen LogP contribution is -2.27. The molecule has 0 bridgehead atoms. The third-order valence-corrected chi connectivity index (χ3v) is 3.97. The van der Waals surface area contributed by atoms with Gasteiger partial charge in [-0.25, -0.2) is 12.8 Å². The van der Waals surface area contributed by atoms with E-state index in [-0.39, 0.29) is 6.54 Å². The van der Waals surface area contributed by atoms with Crippen molar-refractivity contribution in [2.24, 2.45) is 0 Å². The molecular weight excluding hydrogens is 263 g/mol. The summed E-state index contributed by atoms with van der Waals surface area (Å²) >= 11 is 0. The number of benzene rings is 1. The third-order valence-electron chi connectivity index (χ3n) is 2.12. The Labute approximate surface area is 103 Å². The minimum atomic E-state index is -4.11. The highest BCUT2D eigenvalue weighted by Crippen LogP contribution is 2.26. The minimum absolute atomic E-state index is 0.239. The summed E-state index contributed by atoms with van der Waals surface area (Å²) in [5.41, 5.74) is -0.820. The van der Waals surface area contributed by atoms with Crippen LogP contribution < -0.4 is 0 Å². The first-order valence-corrected chi connectivity index (χ1v) is 6.08. The van der Waals surface area contributed by atoms with E-state index in [1.807, 2.05) is 0 Å². The number of nitro benzene ring substituents is 1. The topological polar surface area (TPSA) is 80.5 Å². The molecule has 1 aromatic carbocycles. The molecule has 1 aromatic rings. The molecule has 0 aromatic heterocycles. The maximum absolute atomic E-state index is 12.9. The van der Waals surface area contributed by atoms with Crippen LogP contribution in [0, 0.1) is 28.3 Å². The second kappa shape index (κ2) is 5.12. The molecule has 0 N–H and O–H groups in total. The Morgan fingerprint density at radius 2 is 2.17 bits per heavy atom. The number of terminal acetylenes is 1. The first-order valence-electron chi connectivity index (χ1n) is 4.64. The van der Waals surface area contributed by atoms with Crippen LogP contribution in [0.2, 0.25) is 0 Å². The summed E-state index contributed by atoms with van der Waals surface area (Å²) in [5, 5.41) is 10.7. The van der Waals surface area contributed by atoms with Crippen LogP contribution in [0.3, 0.4) is 0 Å². The molecule has 0 fully saturated rings. The first kappa shape index (κ1) is 14.1. The summed E-state index contributed by atoms with van der Waals surface area (Å²) in [4.78, 5) is 9.17. The van der Waals surface area contributed by atoms with Crippen molar-refractivity contribution in [3.63, 3.8) is 0 Å². The molecule has 0 aliphatic carbocycles. The van der Waals surface area contributed by atoms with E-state index in [9.17, 15) is 22.9 Å². The number of rotatable bonds is 4. The molecule has 0 aliphatic rings. The van der Waals surface area contributed by atoms with Gasteiger partial charge in [-0.15, -0.1) is 6.42 Å². The van der Waals surface area contributed by atoms with Crippen molar-refractivity contribution in [2.75, 3.05) is 13.6 Å². The Morgan fingerprint density at radius 3 is 2.67 bits per heavy atom. The van der Waals surface area contributed by atoms with Crippen LogP contribution >= 0.6 is 0 Å². The zero-order valence-corrected chi connectivity index (χ0v) is 10.1. The summed E-state index contributed by atoms with van der Waals surface area (Å²) in [5.74, 6) is 1.22. The lowest BCUT2D eigenvalue weighted by molar-refractivity contribution is -0.388. The fourth-order valence-electron chi connectivity index (χ4n) is 1.23. The molecule has 0 aliphatic heterocycles. The fourth-order valence-corrected chi connectivity index (χ4v) is 2.45. The first-order chi connectivity index (χ1) is 8.30. The quantitative estimate of drug-likeness (QED) is 0.465. The van der Waals surface area contributed by atoms with E-state index in [1.165, 1.54) is 7.05 Å². The van der Waals surface area contributed by atoms with Crippen molar-refractivity contribution in [1.82, 2.24) is 4.31 Å². The van der Waals surface area contributed by atoms with Crippen molar-refractivity contribution in [2.45, 2.75) is 4.90 Å². The van der Waals surface area contributed by atoms with Crippen molar-refractivity contribution in [3.8, 4) is 12.3 Å².